The van der Waals surface area contributed by atoms with Gasteiger partial charge in [0.2, 0.25) is 0 Å². The Morgan fingerprint density at radius 3 is 2.81 bits per heavy atom. The number of pyridine rings is 1. The van der Waals surface area contributed by atoms with E-state index in [1.165, 1.54) is 0 Å². The summed E-state index contributed by atoms with van der Waals surface area (Å²) in [6.07, 6.45) is 7.07. The van der Waals surface area contributed by atoms with Gasteiger partial charge in [-0.2, -0.15) is 5.10 Å². The SMILES string of the molecule is COc1cccc(Cn2ccn(-c3ccc(-c4cn[nH]c4)c(C)n3)c2=O)c1. The maximum Gasteiger partial charge on any atom is 0.334 e. The highest BCUT2D eigenvalue weighted by molar-refractivity contribution is 5.64. The molecule has 7 nitrogen and oxygen atoms in total. The Morgan fingerprint density at radius 2 is 2.07 bits per heavy atom. The van der Waals surface area contributed by atoms with Gasteiger partial charge in [0.1, 0.15) is 11.6 Å². The number of aryl methyl sites for hydroxylation is 1. The molecule has 136 valence electrons. The minimum atomic E-state index is -0.138. The molecule has 0 aliphatic rings. The molecular weight excluding hydrogens is 342 g/mol. The van der Waals surface area contributed by atoms with E-state index in [0.717, 1.165) is 28.1 Å². The number of ether oxygens (including phenoxy) is 1. The van der Waals surface area contributed by atoms with Crippen LogP contribution in [0.2, 0.25) is 0 Å². The molecule has 4 aromatic rings. The number of hydrogen-bond donors (Lipinski definition) is 1. The molecule has 0 amide bonds. The molecule has 0 fully saturated rings. The zero-order valence-electron chi connectivity index (χ0n) is 15.1. The quantitative estimate of drug-likeness (QED) is 0.593. The number of aromatic nitrogens is 5. The first kappa shape index (κ1) is 16.8. The molecule has 0 atom stereocenters. The minimum absolute atomic E-state index is 0.138. The van der Waals surface area contributed by atoms with E-state index in [9.17, 15) is 4.79 Å². The van der Waals surface area contributed by atoms with Gasteiger partial charge in [-0.3, -0.25) is 14.2 Å². The molecule has 4 rings (SSSR count). The van der Waals surface area contributed by atoms with Crippen molar-refractivity contribution >= 4 is 0 Å². The molecule has 0 radical (unpaired) electrons. The lowest BCUT2D eigenvalue weighted by atomic mass is 10.1. The summed E-state index contributed by atoms with van der Waals surface area (Å²) in [7, 11) is 1.63. The third-order valence-electron chi connectivity index (χ3n) is 4.46. The molecule has 0 saturated carbocycles. The first-order chi connectivity index (χ1) is 13.2. The van der Waals surface area contributed by atoms with Crippen LogP contribution in [0.15, 0.2) is 66.0 Å². The van der Waals surface area contributed by atoms with Gasteiger partial charge >= 0.3 is 5.69 Å². The van der Waals surface area contributed by atoms with Crippen LogP contribution in [0.1, 0.15) is 11.3 Å². The third kappa shape index (κ3) is 3.27. The lowest BCUT2D eigenvalue weighted by Gasteiger charge is -2.07. The van der Waals surface area contributed by atoms with Crippen LogP contribution in [-0.4, -0.2) is 31.4 Å². The van der Waals surface area contributed by atoms with Crippen molar-refractivity contribution in [2.45, 2.75) is 13.5 Å². The van der Waals surface area contributed by atoms with Crippen molar-refractivity contribution in [3.63, 3.8) is 0 Å². The van der Waals surface area contributed by atoms with E-state index >= 15 is 0 Å². The second kappa shape index (κ2) is 6.95. The van der Waals surface area contributed by atoms with Gasteiger partial charge in [-0.25, -0.2) is 9.78 Å². The maximum atomic E-state index is 12.8. The van der Waals surface area contributed by atoms with Gasteiger partial charge in [-0.1, -0.05) is 12.1 Å². The first-order valence-electron chi connectivity index (χ1n) is 8.53. The molecule has 7 heteroatoms. The van der Waals surface area contributed by atoms with Crippen LogP contribution in [-0.2, 0) is 6.54 Å². The number of rotatable bonds is 5. The summed E-state index contributed by atoms with van der Waals surface area (Å²) in [5.41, 5.74) is 3.64. The molecule has 0 saturated heterocycles. The summed E-state index contributed by atoms with van der Waals surface area (Å²) in [4.78, 5) is 17.4. The number of H-pyrrole nitrogens is 1. The molecule has 0 aliphatic heterocycles. The lowest BCUT2D eigenvalue weighted by molar-refractivity contribution is 0.414. The Labute approximate surface area is 155 Å². The summed E-state index contributed by atoms with van der Waals surface area (Å²) >= 11 is 0. The van der Waals surface area contributed by atoms with Crippen molar-refractivity contribution in [2.75, 3.05) is 7.11 Å². The number of benzene rings is 1. The maximum absolute atomic E-state index is 12.8. The third-order valence-corrected chi connectivity index (χ3v) is 4.46. The van der Waals surface area contributed by atoms with E-state index in [0.29, 0.717) is 12.4 Å². The average molecular weight is 361 g/mol. The predicted octanol–water partition coefficient (Wildman–Crippen LogP) is 2.79. The fraction of sp³-hybridized carbons (Fsp3) is 0.150. The van der Waals surface area contributed by atoms with Crippen molar-refractivity contribution in [2.24, 2.45) is 0 Å². The van der Waals surface area contributed by atoms with E-state index in [-0.39, 0.29) is 5.69 Å². The van der Waals surface area contributed by atoms with E-state index in [1.807, 2.05) is 49.5 Å². The standard InChI is InChI=1S/C20H19N5O2/c1-14-18(16-11-21-22-12-16)6-7-19(23-14)25-9-8-24(20(25)26)13-15-4-3-5-17(10-15)27-2/h3-12H,13H2,1-2H3,(H,21,22). The van der Waals surface area contributed by atoms with Gasteiger partial charge < -0.3 is 4.74 Å². The van der Waals surface area contributed by atoms with Gasteiger partial charge in [0.25, 0.3) is 0 Å². The van der Waals surface area contributed by atoms with Gasteiger partial charge in [0, 0.05) is 35.4 Å². The molecule has 3 aromatic heterocycles. The minimum Gasteiger partial charge on any atom is -0.497 e. The summed E-state index contributed by atoms with van der Waals surface area (Å²) < 4.78 is 8.44. The largest absolute Gasteiger partial charge is 0.497 e. The van der Waals surface area contributed by atoms with Crippen LogP contribution in [0.3, 0.4) is 0 Å². The van der Waals surface area contributed by atoms with Crippen LogP contribution in [0, 0.1) is 6.92 Å². The van der Waals surface area contributed by atoms with Crippen LogP contribution >= 0.6 is 0 Å². The predicted molar refractivity (Wildman–Crippen MR) is 102 cm³/mol. The van der Waals surface area contributed by atoms with Crippen molar-refractivity contribution in [3.05, 3.63) is 82.9 Å². The first-order valence-corrected chi connectivity index (χ1v) is 8.53. The Bertz CT molecular complexity index is 1130. The highest BCUT2D eigenvalue weighted by Gasteiger charge is 2.10. The molecule has 0 unspecified atom stereocenters. The summed E-state index contributed by atoms with van der Waals surface area (Å²) in [6.45, 7) is 2.39. The van der Waals surface area contributed by atoms with E-state index in [2.05, 4.69) is 15.2 Å². The van der Waals surface area contributed by atoms with E-state index < -0.39 is 0 Å². The van der Waals surface area contributed by atoms with E-state index in [1.54, 1.807) is 34.8 Å². The number of nitrogens with zero attached hydrogens (tertiary/aromatic N) is 4. The topological polar surface area (TPSA) is 77.7 Å². The number of nitrogens with one attached hydrogen (secondary N) is 1. The monoisotopic (exact) mass is 361 g/mol. The van der Waals surface area contributed by atoms with E-state index in [4.69, 9.17) is 4.74 Å². The molecule has 1 N–H and O–H groups in total. The zero-order chi connectivity index (χ0) is 18.8. The summed E-state index contributed by atoms with van der Waals surface area (Å²) in [6, 6.07) is 11.5. The van der Waals surface area contributed by atoms with Gasteiger partial charge in [0.05, 0.1) is 19.9 Å². The normalized spacial score (nSPS) is 10.9. The molecular formula is C20H19N5O2. The Kier molecular flexibility index (Phi) is 4.33. The summed E-state index contributed by atoms with van der Waals surface area (Å²) in [5.74, 6) is 1.36. The average Bonchev–Trinajstić information content (AvgIpc) is 3.33. The molecule has 0 aliphatic carbocycles. The molecule has 0 spiro atoms. The molecule has 3 heterocycles. The van der Waals surface area contributed by atoms with Gasteiger partial charge in [0.15, 0.2) is 0 Å². The highest BCUT2D eigenvalue weighted by atomic mass is 16.5. The Morgan fingerprint density at radius 1 is 1.19 bits per heavy atom. The Balaban J connectivity index is 1.64. The fourth-order valence-corrected chi connectivity index (χ4v) is 3.06. The summed E-state index contributed by atoms with van der Waals surface area (Å²) in [5, 5.41) is 6.77. The molecule has 0 bridgehead atoms. The highest BCUT2D eigenvalue weighted by Crippen LogP contribution is 2.21. The second-order valence-electron chi connectivity index (χ2n) is 6.22. The van der Waals surface area contributed by atoms with Crippen molar-refractivity contribution in [1.82, 2.24) is 24.3 Å². The zero-order valence-corrected chi connectivity index (χ0v) is 15.1. The van der Waals surface area contributed by atoms with Crippen molar-refractivity contribution in [3.8, 4) is 22.7 Å². The van der Waals surface area contributed by atoms with Crippen LogP contribution < -0.4 is 10.4 Å². The smallest absolute Gasteiger partial charge is 0.334 e. The Hall–Kier alpha value is -3.61. The molecule has 1 aromatic carbocycles. The lowest BCUT2D eigenvalue weighted by Crippen LogP contribution is -2.24. The number of imidazole rings is 1. The fourth-order valence-electron chi connectivity index (χ4n) is 3.06. The van der Waals surface area contributed by atoms with Crippen molar-refractivity contribution in [1.29, 1.82) is 0 Å². The molecule has 27 heavy (non-hydrogen) atoms. The van der Waals surface area contributed by atoms with Crippen molar-refractivity contribution < 1.29 is 4.74 Å². The van der Waals surface area contributed by atoms with Crippen LogP contribution in [0.4, 0.5) is 0 Å². The number of hydrogen-bond acceptors (Lipinski definition) is 4. The van der Waals surface area contributed by atoms with Gasteiger partial charge in [-0.15, -0.1) is 0 Å². The number of methoxy groups -OCH3 is 1. The second-order valence-corrected chi connectivity index (χ2v) is 6.22. The number of aromatic amines is 1. The van der Waals surface area contributed by atoms with Gasteiger partial charge in [-0.05, 0) is 36.8 Å². The van der Waals surface area contributed by atoms with Crippen LogP contribution in [0.25, 0.3) is 16.9 Å². The van der Waals surface area contributed by atoms with Crippen LogP contribution in [0.5, 0.6) is 5.75 Å².